The van der Waals surface area contributed by atoms with E-state index in [0.717, 1.165) is 17.1 Å². The van der Waals surface area contributed by atoms with Crippen molar-refractivity contribution in [3.63, 3.8) is 0 Å². The first-order valence-corrected chi connectivity index (χ1v) is 5.30. The summed E-state index contributed by atoms with van der Waals surface area (Å²) in [6.45, 7) is 4.43. The number of carbonyl (C=O) groups excluding carboxylic acids is 1. The summed E-state index contributed by atoms with van der Waals surface area (Å²) >= 11 is 0. The zero-order valence-electron chi connectivity index (χ0n) is 9.43. The van der Waals surface area contributed by atoms with Crippen molar-refractivity contribution < 1.29 is 9.53 Å². The monoisotopic (exact) mass is 218 g/mol. The highest BCUT2D eigenvalue weighted by Crippen LogP contribution is 2.23. The van der Waals surface area contributed by atoms with Crippen LogP contribution in [0.5, 0.6) is 5.75 Å². The molecule has 0 saturated carbocycles. The summed E-state index contributed by atoms with van der Waals surface area (Å²) in [6.07, 6.45) is 0.410. The molecule has 1 aromatic carbocycles. The van der Waals surface area contributed by atoms with Crippen molar-refractivity contribution in [3.8, 4) is 5.75 Å². The average molecular weight is 218 g/mol. The lowest BCUT2D eigenvalue weighted by molar-refractivity contribution is -0.116. The van der Waals surface area contributed by atoms with E-state index in [1.807, 2.05) is 38.1 Å². The molecule has 0 atom stereocenters. The second-order valence-electron chi connectivity index (χ2n) is 3.64. The van der Waals surface area contributed by atoms with Crippen LogP contribution in [0.1, 0.15) is 20.3 Å². The van der Waals surface area contributed by atoms with Gasteiger partial charge in [-0.3, -0.25) is 4.79 Å². The van der Waals surface area contributed by atoms with Crippen LogP contribution in [0.3, 0.4) is 0 Å². The summed E-state index contributed by atoms with van der Waals surface area (Å²) in [5.41, 5.74) is 1.63. The molecule has 0 spiro atoms. The van der Waals surface area contributed by atoms with E-state index in [1.165, 1.54) is 5.01 Å². The highest BCUT2D eigenvalue weighted by Gasteiger charge is 2.22. The maximum absolute atomic E-state index is 11.6. The quantitative estimate of drug-likeness (QED) is 0.780. The number of carbonyl (C=O) groups is 1. The van der Waals surface area contributed by atoms with Crippen LogP contribution < -0.4 is 9.75 Å². The molecule has 1 amide bonds. The van der Waals surface area contributed by atoms with Crippen LogP contribution >= 0.6 is 0 Å². The van der Waals surface area contributed by atoms with Gasteiger partial charge in [0.25, 0.3) is 5.91 Å². The normalized spacial score (nSPS) is 15.2. The largest absolute Gasteiger partial charge is 0.494 e. The Morgan fingerprint density at radius 3 is 2.56 bits per heavy atom. The Labute approximate surface area is 94.5 Å². The minimum atomic E-state index is 0.0154. The first kappa shape index (κ1) is 10.7. The number of hydrogen-bond acceptors (Lipinski definition) is 3. The molecule has 2 rings (SSSR count). The predicted octanol–water partition coefficient (Wildman–Crippen LogP) is 2.20. The Balaban J connectivity index is 2.19. The van der Waals surface area contributed by atoms with Gasteiger partial charge in [0.15, 0.2) is 0 Å². The lowest BCUT2D eigenvalue weighted by Gasteiger charge is -2.12. The first-order chi connectivity index (χ1) is 7.70. The molecule has 1 heterocycles. The topological polar surface area (TPSA) is 41.9 Å². The van der Waals surface area contributed by atoms with Gasteiger partial charge in [-0.25, -0.2) is 5.01 Å². The Morgan fingerprint density at radius 2 is 2.06 bits per heavy atom. The van der Waals surface area contributed by atoms with E-state index in [4.69, 9.17) is 4.74 Å². The SMILES string of the molecule is CCOc1ccc(N2N=C(C)CC2=O)cc1. The van der Waals surface area contributed by atoms with Gasteiger partial charge >= 0.3 is 0 Å². The second-order valence-corrected chi connectivity index (χ2v) is 3.64. The van der Waals surface area contributed by atoms with Crippen molar-refractivity contribution in [3.05, 3.63) is 24.3 Å². The van der Waals surface area contributed by atoms with E-state index < -0.39 is 0 Å². The summed E-state index contributed by atoms with van der Waals surface area (Å²) in [4.78, 5) is 11.6. The third-order valence-electron chi connectivity index (χ3n) is 2.31. The number of ether oxygens (including phenoxy) is 1. The molecule has 0 fully saturated rings. The van der Waals surface area contributed by atoms with Gasteiger partial charge < -0.3 is 4.74 Å². The molecule has 0 aromatic heterocycles. The maximum Gasteiger partial charge on any atom is 0.253 e. The summed E-state index contributed by atoms with van der Waals surface area (Å²) < 4.78 is 5.33. The number of anilines is 1. The van der Waals surface area contributed by atoms with Gasteiger partial charge in [0.2, 0.25) is 0 Å². The third-order valence-corrected chi connectivity index (χ3v) is 2.31. The third kappa shape index (κ3) is 2.05. The fourth-order valence-corrected chi connectivity index (χ4v) is 1.61. The summed E-state index contributed by atoms with van der Waals surface area (Å²) in [5.74, 6) is 0.820. The van der Waals surface area contributed by atoms with E-state index >= 15 is 0 Å². The molecule has 84 valence electrons. The van der Waals surface area contributed by atoms with Crippen molar-refractivity contribution in [1.82, 2.24) is 0 Å². The van der Waals surface area contributed by atoms with Gasteiger partial charge in [-0.2, -0.15) is 5.10 Å². The van der Waals surface area contributed by atoms with Crippen LogP contribution in [0, 0.1) is 0 Å². The molecule has 0 N–H and O–H groups in total. The van der Waals surface area contributed by atoms with Gasteiger partial charge in [0.05, 0.1) is 18.7 Å². The number of nitrogens with zero attached hydrogens (tertiary/aromatic N) is 2. The highest BCUT2D eigenvalue weighted by molar-refractivity contribution is 6.12. The molecular weight excluding hydrogens is 204 g/mol. The minimum absolute atomic E-state index is 0.0154. The van der Waals surface area contributed by atoms with Crippen molar-refractivity contribution in [1.29, 1.82) is 0 Å². The van der Waals surface area contributed by atoms with Crippen molar-refractivity contribution in [2.24, 2.45) is 5.10 Å². The highest BCUT2D eigenvalue weighted by atomic mass is 16.5. The van der Waals surface area contributed by atoms with Crippen LogP contribution in [0.4, 0.5) is 5.69 Å². The Bertz CT molecular complexity index is 423. The molecule has 0 saturated heterocycles. The number of benzene rings is 1. The number of hydrazone groups is 1. The van der Waals surface area contributed by atoms with E-state index in [0.29, 0.717) is 13.0 Å². The summed E-state index contributed by atoms with van der Waals surface area (Å²) in [6, 6.07) is 7.36. The number of rotatable bonds is 3. The molecule has 1 aliphatic heterocycles. The molecular formula is C12H14N2O2. The van der Waals surface area contributed by atoms with Crippen molar-refractivity contribution in [2.45, 2.75) is 20.3 Å². The molecule has 16 heavy (non-hydrogen) atoms. The predicted molar refractivity (Wildman–Crippen MR) is 62.8 cm³/mol. The van der Waals surface area contributed by atoms with Crippen LogP contribution in [-0.4, -0.2) is 18.2 Å². The average Bonchev–Trinajstić information content (AvgIpc) is 2.59. The molecule has 1 aliphatic rings. The standard InChI is InChI=1S/C12H14N2O2/c1-3-16-11-6-4-10(5-7-11)14-12(15)8-9(2)13-14/h4-7H,3,8H2,1-2H3. The van der Waals surface area contributed by atoms with Crippen LogP contribution in [0.2, 0.25) is 0 Å². The van der Waals surface area contributed by atoms with Crippen LogP contribution in [-0.2, 0) is 4.79 Å². The zero-order chi connectivity index (χ0) is 11.5. The number of amides is 1. The van der Waals surface area contributed by atoms with E-state index in [1.54, 1.807) is 0 Å². The zero-order valence-corrected chi connectivity index (χ0v) is 9.43. The lowest BCUT2D eigenvalue weighted by Crippen LogP contribution is -2.19. The Kier molecular flexibility index (Phi) is 2.90. The second kappa shape index (κ2) is 4.35. The Hall–Kier alpha value is -1.84. The molecule has 0 unspecified atom stereocenters. The van der Waals surface area contributed by atoms with Gasteiger partial charge in [-0.1, -0.05) is 0 Å². The molecule has 1 aromatic rings. The number of hydrogen-bond donors (Lipinski definition) is 0. The first-order valence-electron chi connectivity index (χ1n) is 5.30. The maximum atomic E-state index is 11.6. The Morgan fingerprint density at radius 1 is 1.38 bits per heavy atom. The van der Waals surface area contributed by atoms with Gasteiger partial charge in [-0.15, -0.1) is 0 Å². The van der Waals surface area contributed by atoms with E-state index in [-0.39, 0.29) is 5.91 Å². The lowest BCUT2D eigenvalue weighted by atomic mass is 10.2. The molecule has 4 heteroatoms. The smallest absolute Gasteiger partial charge is 0.253 e. The van der Waals surface area contributed by atoms with Crippen molar-refractivity contribution >= 4 is 17.3 Å². The van der Waals surface area contributed by atoms with Gasteiger partial charge in [-0.05, 0) is 38.1 Å². The van der Waals surface area contributed by atoms with E-state index in [9.17, 15) is 4.79 Å². The fraction of sp³-hybridized carbons (Fsp3) is 0.333. The minimum Gasteiger partial charge on any atom is -0.494 e. The molecule has 0 bridgehead atoms. The van der Waals surface area contributed by atoms with Crippen molar-refractivity contribution in [2.75, 3.05) is 11.6 Å². The van der Waals surface area contributed by atoms with Crippen LogP contribution in [0.15, 0.2) is 29.4 Å². The summed E-state index contributed by atoms with van der Waals surface area (Å²) in [7, 11) is 0. The fourth-order valence-electron chi connectivity index (χ4n) is 1.61. The molecule has 4 nitrogen and oxygen atoms in total. The van der Waals surface area contributed by atoms with E-state index in [2.05, 4.69) is 5.10 Å². The van der Waals surface area contributed by atoms with Gasteiger partial charge in [0.1, 0.15) is 5.75 Å². The van der Waals surface area contributed by atoms with Gasteiger partial charge in [0, 0.05) is 5.71 Å². The molecule has 0 aliphatic carbocycles. The van der Waals surface area contributed by atoms with Crippen LogP contribution in [0.25, 0.3) is 0 Å². The molecule has 0 radical (unpaired) electrons. The summed E-state index contributed by atoms with van der Waals surface area (Å²) in [5, 5.41) is 5.61.